The molecule has 0 bridgehead atoms. The van der Waals surface area contributed by atoms with Crippen LogP contribution in [0.25, 0.3) is 0 Å². The number of hydrogen-bond acceptors (Lipinski definition) is 15. The largest absolute Gasteiger partial charge is 0.472 e. The molecule has 592 valence electrons. The van der Waals surface area contributed by atoms with Crippen LogP contribution in [0.3, 0.4) is 0 Å². The molecule has 0 spiro atoms. The highest BCUT2D eigenvalue weighted by Gasteiger charge is 2.29. The summed E-state index contributed by atoms with van der Waals surface area (Å²) in [5, 5.41) is 10.7. The van der Waals surface area contributed by atoms with Crippen molar-refractivity contribution in [2.75, 3.05) is 59.5 Å². The Balaban J connectivity index is 5.19. The summed E-state index contributed by atoms with van der Waals surface area (Å²) in [6, 6.07) is 0. The fraction of sp³-hybridized carbons (Fsp3) is 0.783. The van der Waals surface area contributed by atoms with Crippen molar-refractivity contribution in [1.29, 1.82) is 0 Å². The lowest BCUT2D eigenvalue weighted by atomic mass is 10.1. The third-order valence-electron chi connectivity index (χ3n) is 17.4. The molecule has 0 aliphatic rings. The number of allylic oxidation sites excluding steroid dienone is 14. The van der Waals surface area contributed by atoms with E-state index in [0.717, 1.165) is 205 Å². The lowest BCUT2D eigenvalue weighted by Gasteiger charge is -2.21. The first-order valence-corrected chi connectivity index (χ1v) is 43.7. The lowest BCUT2D eigenvalue weighted by Crippen LogP contribution is -2.28. The van der Waals surface area contributed by atoms with Crippen molar-refractivity contribution in [1.82, 2.24) is 0 Å². The first-order valence-electron chi connectivity index (χ1n) is 40.7. The molecule has 0 amide bonds. The number of unbranched alkanes of at least 4 members (excludes halogenated alkanes) is 40. The Hall–Kier alpha value is -3.28. The molecule has 0 aromatic rings. The molecule has 102 heavy (non-hydrogen) atoms. The number of ether oxygens (including phenoxy) is 4. The van der Waals surface area contributed by atoms with Gasteiger partial charge in [0.05, 0.1) is 33.0 Å². The molecule has 0 rings (SSSR count). The number of aliphatic hydroxyl groups excluding tert-OH is 1. The van der Waals surface area contributed by atoms with Gasteiger partial charge in [-0.25, -0.2) is 9.13 Å². The van der Waals surface area contributed by atoms with Gasteiger partial charge in [0, 0.05) is 45.5 Å². The van der Waals surface area contributed by atoms with Gasteiger partial charge in [0.2, 0.25) is 0 Å². The minimum Gasteiger partial charge on any atom is -0.463 e. The van der Waals surface area contributed by atoms with Gasteiger partial charge in [0.25, 0.3) is 0 Å². The third-order valence-corrected chi connectivity index (χ3v) is 19.3. The smallest absolute Gasteiger partial charge is 0.463 e. The predicted octanol–water partition coefficient (Wildman–Crippen LogP) is 22.7. The summed E-state index contributed by atoms with van der Waals surface area (Å²) in [4.78, 5) is 65.5. The fourth-order valence-electron chi connectivity index (χ4n) is 11.1. The number of esters is 1. The van der Waals surface area contributed by atoms with E-state index >= 15 is 0 Å². The summed E-state index contributed by atoms with van der Waals surface area (Å²) >= 11 is 0. The number of phosphoric acid groups is 2. The highest BCUT2D eigenvalue weighted by Crippen LogP contribution is 2.45. The van der Waals surface area contributed by atoms with Crippen LogP contribution in [0, 0.1) is 0 Å². The van der Waals surface area contributed by atoms with E-state index < -0.39 is 59.7 Å². The number of carbonyl (C=O) groups excluding carboxylic acids is 4. The Labute approximate surface area is 621 Å². The highest BCUT2D eigenvalue weighted by atomic mass is 31.2. The average molecular weight is 1480 g/mol. The zero-order chi connectivity index (χ0) is 74.1. The van der Waals surface area contributed by atoms with E-state index in [1.807, 2.05) is 0 Å². The number of aliphatic hydroxyl groups is 1. The molecule has 0 radical (unpaired) electrons. The fourth-order valence-corrected chi connectivity index (χ4v) is 12.7. The molecule has 0 saturated heterocycles. The minimum absolute atomic E-state index is 0.153. The predicted molar refractivity (Wildman–Crippen MR) is 419 cm³/mol. The summed E-state index contributed by atoms with van der Waals surface area (Å²) in [5.74, 6) is -0.426. The normalized spacial score (nSPS) is 14.4. The van der Waals surface area contributed by atoms with Gasteiger partial charge in [0.1, 0.15) is 43.8 Å². The van der Waals surface area contributed by atoms with Crippen molar-refractivity contribution in [2.45, 2.75) is 359 Å². The Morgan fingerprint density at radius 1 is 0.314 bits per heavy atom. The molecule has 17 nitrogen and oxygen atoms in total. The maximum atomic E-state index is 13.1. The van der Waals surface area contributed by atoms with Crippen LogP contribution in [0.2, 0.25) is 0 Å². The van der Waals surface area contributed by atoms with Gasteiger partial charge in [-0.15, -0.1) is 0 Å². The average Bonchev–Trinajstić information content (AvgIpc) is 0.959. The second-order valence-corrected chi connectivity index (χ2v) is 30.1. The molecule has 3 N–H and O–H groups in total. The van der Waals surface area contributed by atoms with Crippen molar-refractivity contribution in [3.63, 3.8) is 0 Å². The van der Waals surface area contributed by atoms with Gasteiger partial charge in [0.15, 0.2) is 0 Å². The monoisotopic (exact) mass is 1480 g/mol. The quantitative estimate of drug-likeness (QED) is 0.0169. The third kappa shape index (κ3) is 79.3. The van der Waals surface area contributed by atoms with E-state index in [-0.39, 0.29) is 26.2 Å². The maximum Gasteiger partial charge on any atom is 0.472 e. The van der Waals surface area contributed by atoms with E-state index in [0.29, 0.717) is 51.9 Å². The topological polar surface area (TPSA) is 237 Å². The molecular weight excluding hydrogens is 1330 g/mol. The van der Waals surface area contributed by atoms with Crippen molar-refractivity contribution in [3.8, 4) is 0 Å². The molecule has 0 aliphatic heterocycles. The summed E-state index contributed by atoms with van der Waals surface area (Å²) in [7, 11) is -9.55. The lowest BCUT2D eigenvalue weighted by molar-refractivity contribution is -0.149. The van der Waals surface area contributed by atoms with Crippen molar-refractivity contribution >= 4 is 40.5 Å². The van der Waals surface area contributed by atoms with Gasteiger partial charge >= 0.3 is 21.6 Å². The molecule has 0 heterocycles. The maximum absolute atomic E-state index is 13.1. The molecule has 0 fully saturated rings. The molecule has 0 aromatic heterocycles. The van der Waals surface area contributed by atoms with E-state index in [9.17, 15) is 43.2 Å². The standard InChI is InChI=1S/C83H148O17P2/c1-2-3-4-5-6-7-8-9-10-11-18-25-32-39-46-53-60-67-83(88)96-77-82(95-73-66-59-52-45-38-31-24-17-14-21-28-35-42-49-56-63-70-86)79-100-102(91,92)98-75-80(87)74-97-101(89,90)99-78-81(94-72-65-58-51-44-37-30-23-16-13-20-27-34-41-48-55-62-69-85)76-93-71-64-57-50-43-36-29-22-15-12-19-26-33-40-47-54-61-68-84/h6-7,9-10,12-14,18-21,25,39,46,68-70,80-82,87H,2-5,8,11,15-17,22-24,26-38,40-45,47-67,71-79H2,1H3,(H,89,90)(H,91,92)/b7-6-,10-9-,19-12-,20-13-,21-14-,25-18-,46-39-/t80-,81+,82+/m0/s1. The molecule has 0 aromatic carbocycles. The van der Waals surface area contributed by atoms with Crippen LogP contribution in [-0.4, -0.2) is 117 Å². The van der Waals surface area contributed by atoms with Crippen molar-refractivity contribution in [2.24, 2.45) is 0 Å². The SMILES string of the molecule is CCCCC/C=C\C/C=C\C/C=C\C/C=C\CCCC(=O)OC[C@H](COP(=O)(O)OC[C@@H](O)COP(=O)(O)OC[C@@H](COCCCCCCCCC/C=C\CCCCCCC=O)OCCCCCCCCC/C=C\CCCCCCC=O)OCCCCCCCCC/C=C\CCCCCCC=O. The van der Waals surface area contributed by atoms with Crippen LogP contribution in [0.4, 0.5) is 0 Å². The number of phosphoric ester groups is 2. The molecule has 0 saturated carbocycles. The number of carbonyl (C=O) groups is 4. The molecule has 5 atom stereocenters. The zero-order valence-corrected chi connectivity index (χ0v) is 65.9. The Kier molecular flexibility index (Phi) is 77.7. The van der Waals surface area contributed by atoms with Crippen molar-refractivity contribution in [3.05, 3.63) is 85.1 Å². The van der Waals surface area contributed by atoms with Crippen LogP contribution in [0.15, 0.2) is 85.1 Å². The Morgan fingerprint density at radius 3 is 0.922 bits per heavy atom. The van der Waals surface area contributed by atoms with Crippen LogP contribution in [-0.2, 0) is 65.4 Å². The van der Waals surface area contributed by atoms with Crippen LogP contribution >= 0.6 is 15.6 Å². The van der Waals surface area contributed by atoms with Crippen molar-refractivity contribution < 1.29 is 80.2 Å². The Morgan fingerprint density at radius 2 is 0.578 bits per heavy atom. The van der Waals surface area contributed by atoms with Crippen LogP contribution < -0.4 is 0 Å². The van der Waals surface area contributed by atoms with E-state index in [2.05, 4.69) is 92.0 Å². The van der Waals surface area contributed by atoms with Crippen LogP contribution in [0.1, 0.15) is 341 Å². The zero-order valence-electron chi connectivity index (χ0n) is 64.1. The molecule has 19 heteroatoms. The van der Waals surface area contributed by atoms with Gasteiger partial charge in [-0.2, -0.15) is 0 Å². The second-order valence-electron chi connectivity index (χ2n) is 27.2. The summed E-state index contributed by atoms with van der Waals surface area (Å²) in [6.07, 6.45) is 84.7. The van der Waals surface area contributed by atoms with Gasteiger partial charge in [-0.1, -0.05) is 240 Å². The first-order chi connectivity index (χ1) is 50.0. The van der Waals surface area contributed by atoms with Gasteiger partial charge in [-0.3, -0.25) is 22.9 Å². The van der Waals surface area contributed by atoms with E-state index in [4.69, 9.17) is 37.0 Å². The molecule has 2 unspecified atom stereocenters. The Bertz CT molecular complexity index is 2160. The van der Waals surface area contributed by atoms with Gasteiger partial charge in [-0.05, 0) is 161 Å². The minimum atomic E-state index is -4.81. The summed E-state index contributed by atoms with van der Waals surface area (Å²) in [6.45, 7) is 1.14. The summed E-state index contributed by atoms with van der Waals surface area (Å²) in [5.41, 5.74) is 0. The number of rotatable bonds is 83. The molecule has 0 aliphatic carbocycles. The highest BCUT2D eigenvalue weighted by molar-refractivity contribution is 7.47. The van der Waals surface area contributed by atoms with E-state index in [1.54, 1.807) is 0 Å². The first kappa shape index (κ1) is 98.7. The van der Waals surface area contributed by atoms with E-state index in [1.165, 1.54) is 109 Å². The number of hydrogen-bond donors (Lipinski definition) is 3. The van der Waals surface area contributed by atoms with Gasteiger partial charge < -0.3 is 48.2 Å². The van der Waals surface area contributed by atoms with Crippen LogP contribution in [0.5, 0.6) is 0 Å². The molecular formula is C83H148O17P2. The second kappa shape index (κ2) is 80.3. The summed E-state index contributed by atoms with van der Waals surface area (Å²) < 4.78 is 70.7. The number of aldehydes is 3.